The molecule has 0 N–H and O–H groups in total. The summed E-state index contributed by atoms with van der Waals surface area (Å²) in [5, 5.41) is 0.966. The number of hydrogen-bond acceptors (Lipinski definition) is 4. The molecule has 0 radical (unpaired) electrons. The van der Waals surface area contributed by atoms with Gasteiger partial charge >= 0.3 is 0 Å². The van der Waals surface area contributed by atoms with E-state index in [-0.39, 0.29) is 5.91 Å². The molecule has 1 aliphatic heterocycles. The lowest BCUT2D eigenvalue weighted by Crippen LogP contribution is -2.44. The fraction of sp³-hybridized carbons (Fsp3) is 0.474. The van der Waals surface area contributed by atoms with Gasteiger partial charge in [0.25, 0.3) is 5.91 Å². The van der Waals surface area contributed by atoms with Crippen molar-refractivity contribution in [1.82, 2.24) is 14.8 Å². The molecule has 128 valence electrons. The number of methoxy groups -OCH3 is 1. The Kier molecular flexibility index (Phi) is 4.71. The smallest absolute Gasteiger partial charge is 0.255 e. The summed E-state index contributed by atoms with van der Waals surface area (Å²) in [5.74, 6) is 0.870. The lowest BCUT2D eigenvalue weighted by atomic mass is 10.0. The number of nitrogens with zero attached hydrogens (tertiary/aromatic N) is 3. The van der Waals surface area contributed by atoms with Crippen LogP contribution in [0, 0.1) is 6.92 Å². The van der Waals surface area contributed by atoms with Gasteiger partial charge in [0.1, 0.15) is 5.75 Å². The van der Waals surface area contributed by atoms with Crippen LogP contribution in [0.2, 0.25) is 0 Å². The Labute approximate surface area is 143 Å². The predicted molar refractivity (Wildman–Crippen MR) is 95.6 cm³/mol. The normalized spacial score (nSPS) is 16.0. The van der Waals surface area contributed by atoms with E-state index < -0.39 is 0 Å². The average molecular weight is 327 g/mol. The minimum atomic E-state index is 0.0925. The van der Waals surface area contributed by atoms with E-state index >= 15 is 0 Å². The molecule has 0 unspecified atom stereocenters. The maximum Gasteiger partial charge on any atom is 0.255 e. The molecule has 2 aromatic rings. The summed E-state index contributed by atoms with van der Waals surface area (Å²) in [6, 6.07) is 8.28. The number of amides is 1. The van der Waals surface area contributed by atoms with Crippen LogP contribution in [0.3, 0.4) is 0 Å². The SMILES string of the molecule is COc1ccc2cc(C(=O)N3CCC(N(C)C)CC3)c(C)nc2c1. The van der Waals surface area contributed by atoms with E-state index in [0.717, 1.165) is 48.3 Å². The van der Waals surface area contributed by atoms with E-state index in [0.29, 0.717) is 11.6 Å². The van der Waals surface area contributed by atoms with Gasteiger partial charge < -0.3 is 14.5 Å². The number of piperidine rings is 1. The summed E-state index contributed by atoms with van der Waals surface area (Å²) >= 11 is 0. The van der Waals surface area contributed by atoms with Gasteiger partial charge in [-0.25, -0.2) is 0 Å². The Balaban J connectivity index is 1.84. The summed E-state index contributed by atoms with van der Waals surface area (Å²) in [4.78, 5) is 21.7. The van der Waals surface area contributed by atoms with Crippen LogP contribution in [-0.2, 0) is 0 Å². The first-order valence-electron chi connectivity index (χ1n) is 8.40. The summed E-state index contributed by atoms with van der Waals surface area (Å²) < 4.78 is 5.25. The van der Waals surface area contributed by atoms with E-state index in [1.807, 2.05) is 36.1 Å². The number of aromatic nitrogens is 1. The van der Waals surface area contributed by atoms with Gasteiger partial charge in [0.2, 0.25) is 0 Å². The molecule has 0 aliphatic carbocycles. The molecule has 24 heavy (non-hydrogen) atoms. The third-order valence-electron chi connectivity index (χ3n) is 4.93. The molecule has 0 spiro atoms. The van der Waals surface area contributed by atoms with Crippen molar-refractivity contribution < 1.29 is 9.53 Å². The largest absolute Gasteiger partial charge is 0.497 e. The molecule has 1 aromatic heterocycles. The van der Waals surface area contributed by atoms with Gasteiger partial charge in [-0.3, -0.25) is 9.78 Å². The zero-order chi connectivity index (χ0) is 17.3. The van der Waals surface area contributed by atoms with Crippen molar-refractivity contribution in [2.75, 3.05) is 34.3 Å². The first kappa shape index (κ1) is 16.7. The van der Waals surface area contributed by atoms with Crippen molar-refractivity contribution in [1.29, 1.82) is 0 Å². The van der Waals surface area contributed by atoms with Crippen LogP contribution in [0.5, 0.6) is 5.75 Å². The third kappa shape index (κ3) is 3.22. The minimum absolute atomic E-state index is 0.0925. The lowest BCUT2D eigenvalue weighted by Gasteiger charge is -2.35. The van der Waals surface area contributed by atoms with Crippen molar-refractivity contribution in [3.8, 4) is 5.75 Å². The lowest BCUT2D eigenvalue weighted by molar-refractivity contribution is 0.0662. The van der Waals surface area contributed by atoms with Crippen LogP contribution in [0.4, 0.5) is 0 Å². The number of carbonyl (C=O) groups excluding carboxylic acids is 1. The van der Waals surface area contributed by atoms with Crippen molar-refractivity contribution in [3.05, 3.63) is 35.5 Å². The Hall–Kier alpha value is -2.14. The van der Waals surface area contributed by atoms with Gasteiger partial charge in [-0.05, 0) is 52.1 Å². The molecule has 1 amide bonds. The number of likely N-dealkylation sites (tertiary alicyclic amines) is 1. The molecule has 5 heteroatoms. The Morgan fingerprint density at radius 3 is 2.58 bits per heavy atom. The van der Waals surface area contributed by atoms with E-state index in [9.17, 15) is 4.79 Å². The molecule has 0 atom stereocenters. The molecule has 1 saturated heterocycles. The molecule has 0 saturated carbocycles. The van der Waals surface area contributed by atoms with Gasteiger partial charge in [-0.15, -0.1) is 0 Å². The highest BCUT2D eigenvalue weighted by Crippen LogP contribution is 2.24. The maximum absolute atomic E-state index is 12.9. The summed E-state index contributed by atoms with van der Waals surface area (Å²) in [7, 11) is 5.85. The predicted octanol–water partition coefficient (Wildman–Crippen LogP) is 2.72. The van der Waals surface area contributed by atoms with Gasteiger partial charge in [0.05, 0.1) is 23.9 Å². The number of aryl methyl sites for hydroxylation is 1. The second kappa shape index (κ2) is 6.77. The Morgan fingerprint density at radius 1 is 1.25 bits per heavy atom. The maximum atomic E-state index is 12.9. The van der Waals surface area contributed by atoms with Crippen molar-refractivity contribution >= 4 is 16.8 Å². The summed E-state index contributed by atoms with van der Waals surface area (Å²) in [5.41, 5.74) is 2.33. The molecule has 0 bridgehead atoms. The van der Waals surface area contributed by atoms with Crippen LogP contribution >= 0.6 is 0 Å². The first-order valence-corrected chi connectivity index (χ1v) is 8.40. The molecular formula is C19H25N3O2. The van der Waals surface area contributed by atoms with Gasteiger partial charge in [0.15, 0.2) is 0 Å². The molecule has 1 aromatic carbocycles. The van der Waals surface area contributed by atoms with Crippen molar-refractivity contribution in [2.24, 2.45) is 0 Å². The van der Waals surface area contributed by atoms with Crippen LogP contribution in [0.15, 0.2) is 24.3 Å². The number of rotatable bonds is 3. The molecule has 1 aliphatic rings. The standard InChI is InChI=1S/C19H25N3O2/c1-13-17(11-14-5-6-16(24-4)12-18(14)20-13)19(23)22-9-7-15(8-10-22)21(2)3/h5-6,11-12,15H,7-10H2,1-4H3. The number of ether oxygens (including phenoxy) is 1. The molecule has 2 heterocycles. The van der Waals surface area contributed by atoms with E-state index in [1.165, 1.54) is 0 Å². The number of benzene rings is 1. The summed E-state index contributed by atoms with van der Waals surface area (Å²) in [6.07, 6.45) is 2.05. The summed E-state index contributed by atoms with van der Waals surface area (Å²) in [6.45, 7) is 3.52. The van der Waals surface area contributed by atoms with Crippen LogP contribution in [0.25, 0.3) is 10.9 Å². The highest BCUT2D eigenvalue weighted by atomic mass is 16.5. The highest BCUT2D eigenvalue weighted by molar-refractivity contribution is 5.98. The Morgan fingerprint density at radius 2 is 1.96 bits per heavy atom. The van der Waals surface area contributed by atoms with Crippen LogP contribution in [0.1, 0.15) is 28.9 Å². The number of pyridine rings is 1. The zero-order valence-corrected chi connectivity index (χ0v) is 14.9. The second-order valence-electron chi connectivity index (χ2n) is 6.67. The molecule has 5 nitrogen and oxygen atoms in total. The molecule has 3 rings (SSSR count). The van der Waals surface area contributed by atoms with Gasteiger partial charge in [-0.2, -0.15) is 0 Å². The fourth-order valence-corrected chi connectivity index (χ4v) is 3.34. The van der Waals surface area contributed by atoms with E-state index in [4.69, 9.17) is 4.74 Å². The van der Waals surface area contributed by atoms with Crippen molar-refractivity contribution in [3.63, 3.8) is 0 Å². The van der Waals surface area contributed by atoms with Crippen molar-refractivity contribution in [2.45, 2.75) is 25.8 Å². The Bertz CT molecular complexity index is 750. The van der Waals surface area contributed by atoms with Crippen LogP contribution in [-0.4, -0.2) is 61.0 Å². The van der Waals surface area contributed by atoms with E-state index in [1.54, 1.807) is 7.11 Å². The second-order valence-corrected chi connectivity index (χ2v) is 6.67. The van der Waals surface area contributed by atoms with Gasteiger partial charge in [0, 0.05) is 30.6 Å². The number of fused-ring (bicyclic) bond motifs is 1. The fourth-order valence-electron chi connectivity index (χ4n) is 3.34. The number of carbonyl (C=O) groups is 1. The zero-order valence-electron chi connectivity index (χ0n) is 14.9. The molecular weight excluding hydrogens is 302 g/mol. The third-order valence-corrected chi connectivity index (χ3v) is 4.93. The highest BCUT2D eigenvalue weighted by Gasteiger charge is 2.25. The van der Waals surface area contributed by atoms with Crippen LogP contribution < -0.4 is 4.74 Å². The molecule has 1 fully saturated rings. The quantitative estimate of drug-likeness (QED) is 0.869. The van der Waals surface area contributed by atoms with E-state index in [2.05, 4.69) is 24.0 Å². The average Bonchev–Trinajstić information content (AvgIpc) is 2.60. The first-order chi connectivity index (χ1) is 11.5. The monoisotopic (exact) mass is 327 g/mol. The van der Waals surface area contributed by atoms with Gasteiger partial charge in [-0.1, -0.05) is 0 Å². The topological polar surface area (TPSA) is 45.7 Å². The number of hydrogen-bond donors (Lipinski definition) is 0. The minimum Gasteiger partial charge on any atom is -0.497 e.